The highest BCUT2D eigenvalue weighted by Gasteiger charge is 2.22. The molecule has 0 unspecified atom stereocenters. The van der Waals surface area contributed by atoms with E-state index in [9.17, 15) is 4.79 Å². The Kier molecular flexibility index (Phi) is 6.78. The molecular weight excluding hydrogens is 382 g/mol. The third kappa shape index (κ3) is 5.05. The van der Waals surface area contributed by atoms with Crippen molar-refractivity contribution in [1.82, 2.24) is 9.97 Å². The Hall–Kier alpha value is -2.45. The average Bonchev–Trinajstić information content (AvgIpc) is 3.24. The van der Waals surface area contributed by atoms with Crippen LogP contribution in [0.2, 0.25) is 0 Å². The number of furan rings is 1. The second-order valence-corrected chi connectivity index (χ2v) is 7.18. The van der Waals surface area contributed by atoms with Gasteiger partial charge in [-0.1, -0.05) is 53.9 Å². The van der Waals surface area contributed by atoms with Crippen LogP contribution in [0.4, 0.5) is 5.82 Å². The molecule has 0 saturated heterocycles. The molecule has 6 nitrogen and oxygen atoms in total. The number of nitrogens with zero attached hydrogens (tertiary/aromatic N) is 2. The lowest BCUT2D eigenvalue weighted by Gasteiger charge is -2.14. The molecule has 1 N–H and O–H groups in total. The van der Waals surface area contributed by atoms with Gasteiger partial charge in [0.1, 0.15) is 22.2 Å². The van der Waals surface area contributed by atoms with Gasteiger partial charge in [-0.05, 0) is 24.0 Å². The van der Waals surface area contributed by atoms with Crippen molar-refractivity contribution in [1.29, 1.82) is 0 Å². The minimum absolute atomic E-state index is 0.336. The molecule has 3 aromatic rings. The lowest BCUT2D eigenvalue weighted by molar-refractivity contribution is 0.0596. The molecule has 27 heavy (non-hydrogen) atoms. The lowest BCUT2D eigenvalue weighted by atomic mass is 10.2. The van der Waals surface area contributed by atoms with Gasteiger partial charge in [-0.25, -0.2) is 14.8 Å². The zero-order chi connectivity index (χ0) is 19.1. The number of carbonyl (C=O) groups is 1. The fourth-order valence-electron chi connectivity index (χ4n) is 2.35. The van der Waals surface area contributed by atoms with Gasteiger partial charge >= 0.3 is 5.97 Å². The Balaban J connectivity index is 1.91. The molecule has 140 valence electrons. The number of benzene rings is 1. The number of anilines is 1. The van der Waals surface area contributed by atoms with E-state index in [1.54, 1.807) is 6.26 Å². The maximum atomic E-state index is 12.4. The molecule has 2 heterocycles. The zero-order valence-corrected chi connectivity index (χ0v) is 16.6. The van der Waals surface area contributed by atoms with E-state index in [1.807, 2.05) is 48.7 Å². The van der Waals surface area contributed by atoms with Gasteiger partial charge < -0.3 is 14.5 Å². The van der Waals surface area contributed by atoms with E-state index in [0.717, 1.165) is 11.3 Å². The highest BCUT2D eigenvalue weighted by Crippen LogP contribution is 2.31. The minimum Gasteiger partial charge on any atom is -0.468 e. The summed E-state index contributed by atoms with van der Waals surface area (Å²) in [5, 5.41) is 4.40. The second-order valence-electron chi connectivity index (χ2n) is 5.44. The minimum atomic E-state index is -0.472. The Morgan fingerprint density at radius 3 is 2.67 bits per heavy atom. The number of aromatic nitrogens is 2. The first-order valence-corrected chi connectivity index (χ1v) is 10.4. The van der Waals surface area contributed by atoms with Crippen LogP contribution in [-0.4, -0.2) is 29.3 Å². The van der Waals surface area contributed by atoms with Crippen molar-refractivity contribution < 1.29 is 13.9 Å². The Bertz CT molecular complexity index is 887. The predicted octanol–water partition coefficient (Wildman–Crippen LogP) is 4.48. The van der Waals surface area contributed by atoms with Crippen LogP contribution in [0.5, 0.6) is 0 Å². The summed E-state index contributed by atoms with van der Waals surface area (Å²) < 4.78 is 10.4. The maximum absolute atomic E-state index is 12.4. The third-order valence-corrected chi connectivity index (χ3v) is 5.21. The zero-order valence-electron chi connectivity index (χ0n) is 15.0. The molecule has 0 spiro atoms. The molecule has 0 aliphatic heterocycles. The average molecular weight is 402 g/mol. The SMILES string of the molecule is COC(=O)c1c(NCc2ccccc2)nc(SC)nc1SCc1ccco1. The van der Waals surface area contributed by atoms with E-state index in [0.29, 0.717) is 33.9 Å². The largest absolute Gasteiger partial charge is 0.468 e. The first kappa shape index (κ1) is 19.3. The molecule has 0 atom stereocenters. The van der Waals surface area contributed by atoms with Crippen LogP contribution in [0, 0.1) is 0 Å². The number of methoxy groups -OCH3 is 1. The Labute approximate surface area is 166 Å². The summed E-state index contributed by atoms with van der Waals surface area (Å²) in [5.41, 5.74) is 1.42. The van der Waals surface area contributed by atoms with E-state index in [1.165, 1.54) is 30.6 Å². The van der Waals surface area contributed by atoms with E-state index in [4.69, 9.17) is 9.15 Å². The van der Waals surface area contributed by atoms with Crippen LogP contribution in [0.15, 0.2) is 63.3 Å². The number of ether oxygens (including phenoxy) is 1. The molecule has 8 heteroatoms. The first-order chi connectivity index (χ1) is 13.2. The molecule has 0 bridgehead atoms. The second kappa shape index (κ2) is 9.48. The maximum Gasteiger partial charge on any atom is 0.344 e. The number of esters is 1. The molecule has 3 rings (SSSR count). The molecule has 0 saturated carbocycles. The molecule has 1 aromatic carbocycles. The summed E-state index contributed by atoms with van der Waals surface area (Å²) in [6.45, 7) is 0.540. The lowest BCUT2D eigenvalue weighted by Crippen LogP contribution is -2.13. The summed E-state index contributed by atoms with van der Waals surface area (Å²) in [6, 6.07) is 13.6. The number of nitrogens with one attached hydrogen (secondary N) is 1. The number of thioether (sulfide) groups is 2. The fourth-order valence-corrected chi connectivity index (χ4v) is 3.69. The van der Waals surface area contributed by atoms with Gasteiger partial charge in [0.25, 0.3) is 0 Å². The fraction of sp³-hybridized carbons (Fsp3) is 0.211. The number of hydrogen-bond acceptors (Lipinski definition) is 8. The van der Waals surface area contributed by atoms with Gasteiger partial charge in [-0.15, -0.1) is 0 Å². The molecule has 0 aliphatic rings. The summed E-state index contributed by atoms with van der Waals surface area (Å²) in [5.74, 6) is 1.35. The van der Waals surface area contributed by atoms with Gasteiger partial charge in [-0.3, -0.25) is 0 Å². The molecule has 0 radical (unpaired) electrons. The van der Waals surface area contributed by atoms with E-state index in [2.05, 4.69) is 15.3 Å². The van der Waals surface area contributed by atoms with E-state index < -0.39 is 5.97 Å². The summed E-state index contributed by atoms with van der Waals surface area (Å²) in [7, 11) is 1.35. The van der Waals surface area contributed by atoms with Gasteiger partial charge in [0.05, 0.1) is 19.1 Å². The smallest absolute Gasteiger partial charge is 0.344 e. The monoisotopic (exact) mass is 401 g/mol. The van der Waals surface area contributed by atoms with Crippen LogP contribution in [-0.2, 0) is 17.0 Å². The van der Waals surface area contributed by atoms with Gasteiger partial charge in [0.15, 0.2) is 5.16 Å². The Morgan fingerprint density at radius 1 is 1.19 bits per heavy atom. The van der Waals surface area contributed by atoms with Crippen LogP contribution < -0.4 is 5.32 Å². The Morgan fingerprint density at radius 2 is 2.00 bits per heavy atom. The molecule has 0 amide bonds. The van der Waals surface area contributed by atoms with E-state index in [-0.39, 0.29) is 0 Å². The van der Waals surface area contributed by atoms with Crippen LogP contribution in [0.3, 0.4) is 0 Å². The van der Waals surface area contributed by atoms with Crippen molar-refractivity contribution in [2.45, 2.75) is 22.5 Å². The summed E-state index contributed by atoms with van der Waals surface area (Å²) in [6.07, 6.45) is 3.52. The molecule has 0 fully saturated rings. The van der Waals surface area contributed by atoms with Crippen LogP contribution >= 0.6 is 23.5 Å². The van der Waals surface area contributed by atoms with Crippen molar-refractivity contribution in [3.63, 3.8) is 0 Å². The quantitative estimate of drug-likeness (QED) is 0.256. The molecule has 0 aliphatic carbocycles. The standard InChI is InChI=1S/C19H19N3O3S2/c1-24-18(23)15-16(20-11-13-7-4-3-5-8-13)21-19(26-2)22-17(15)27-12-14-9-6-10-25-14/h3-10H,11-12H2,1-2H3,(H,20,21,22). The highest BCUT2D eigenvalue weighted by molar-refractivity contribution is 7.99. The number of carbonyl (C=O) groups excluding carboxylic acids is 1. The summed E-state index contributed by atoms with van der Waals surface area (Å²) >= 11 is 2.83. The van der Waals surface area contributed by atoms with Crippen molar-refractivity contribution in [2.75, 3.05) is 18.7 Å². The number of rotatable bonds is 8. The third-order valence-electron chi connectivity index (χ3n) is 3.66. The van der Waals surface area contributed by atoms with Crippen molar-refractivity contribution >= 4 is 35.3 Å². The predicted molar refractivity (Wildman–Crippen MR) is 107 cm³/mol. The number of hydrogen-bond donors (Lipinski definition) is 1. The summed E-state index contributed by atoms with van der Waals surface area (Å²) in [4.78, 5) is 21.4. The van der Waals surface area contributed by atoms with Crippen LogP contribution in [0.25, 0.3) is 0 Å². The molecule has 2 aromatic heterocycles. The van der Waals surface area contributed by atoms with Crippen LogP contribution in [0.1, 0.15) is 21.7 Å². The van der Waals surface area contributed by atoms with Gasteiger partial charge in [0, 0.05) is 6.54 Å². The van der Waals surface area contributed by atoms with Gasteiger partial charge in [-0.2, -0.15) is 0 Å². The van der Waals surface area contributed by atoms with Gasteiger partial charge in [0.2, 0.25) is 0 Å². The van der Waals surface area contributed by atoms with Crippen molar-refractivity contribution in [2.24, 2.45) is 0 Å². The first-order valence-electron chi connectivity index (χ1n) is 8.18. The van der Waals surface area contributed by atoms with E-state index >= 15 is 0 Å². The normalized spacial score (nSPS) is 10.6. The van der Waals surface area contributed by atoms with Crippen molar-refractivity contribution in [3.05, 3.63) is 65.6 Å². The molecular formula is C19H19N3O3S2. The topological polar surface area (TPSA) is 77.2 Å². The highest BCUT2D eigenvalue weighted by atomic mass is 32.2. The van der Waals surface area contributed by atoms with Crippen molar-refractivity contribution in [3.8, 4) is 0 Å².